The standard InChI is InChI=1S/C18H16N6O/c25-18(14-4-5-16(21-11-14)24-10-8-19-13-24)20-7-6-15-12-23-9-2-1-3-17(23)22-15/h1-5,8-13H,6-7H2,(H,20,25). The average molecular weight is 332 g/mol. The second-order valence-corrected chi connectivity index (χ2v) is 5.58. The Morgan fingerprint density at radius 2 is 2.12 bits per heavy atom. The summed E-state index contributed by atoms with van der Waals surface area (Å²) >= 11 is 0. The molecule has 0 aliphatic rings. The summed E-state index contributed by atoms with van der Waals surface area (Å²) < 4.78 is 3.75. The molecule has 0 aliphatic heterocycles. The van der Waals surface area contributed by atoms with Crippen molar-refractivity contribution in [3.05, 3.63) is 78.9 Å². The van der Waals surface area contributed by atoms with Crippen LogP contribution in [0, 0.1) is 0 Å². The predicted molar refractivity (Wildman–Crippen MR) is 92.6 cm³/mol. The minimum atomic E-state index is -0.145. The number of pyridine rings is 2. The molecule has 124 valence electrons. The van der Waals surface area contributed by atoms with Gasteiger partial charge in [-0.3, -0.25) is 9.36 Å². The molecule has 0 spiro atoms. The van der Waals surface area contributed by atoms with E-state index in [0.29, 0.717) is 18.5 Å². The van der Waals surface area contributed by atoms with Crippen LogP contribution >= 0.6 is 0 Å². The number of nitrogens with one attached hydrogen (secondary N) is 1. The van der Waals surface area contributed by atoms with Crippen molar-refractivity contribution in [2.24, 2.45) is 0 Å². The summed E-state index contributed by atoms with van der Waals surface area (Å²) in [5, 5.41) is 2.90. The molecule has 0 saturated carbocycles. The van der Waals surface area contributed by atoms with Gasteiger partial charge in [-0.1, -0.05) is 6.07 Å². The van der Waals surface area contributed by atoms with Crippen LogP contribution in [-0.2, 0) is 6.42 Å². The van der Waals surface area contributed by atoms with Crippen molar-refractivity contribution in [3.8, 4) is 5.82 Å². The monoisotopic (exact) mass is 332 g/mol. The number of nitrogens with zero attached hydrogens (tertiary/aromatic N) is 5. The van der Waals surface area contributed by atoms with Crippen LogP contribution in [0.15, 0.2) is 67.6 Å². The van der Waals surface area contributed by atoms with Crippen molar-refractivity contribution >= 4 is 11.6 Å². The van der Waals surface area contributed by atoms with Crippen LogP contribution in [0.5, 0.6) is 0 Å². The molecule has 7 heteroatoms. The molecule has 0 atom stereocenters. The van der Waals surface area contributed by atoms with Crippen LogP contribution in [0.3, 0.4) is 0 Å². The molecule has 25 heavy (non-hydrogen) atoms. The van der Waals surface area contributed by atoms with Gasteiger partial charge in [-0.05, 0) is 24.3 Å². The van der Waals surface area contributed by atoms with E-state index in [1.54, 1.807) is 41.6 Å². The Morgan fingerprint density at radius 1 is 1.16 bits per heavy atom. The first kappa shape index (κ1) is 15.1. The van der Waals surface area contributed by atoms with Gasteiger partial charge in [-0.15, -0.1) is 0 Å². The Bertz CT molecular complexity index is 955. The van der Waals surface area contributed by atoms with E-state index in [2.05, 4.69) is 20.3 Å². The fourth-order valence-electron chi connectivity index (χ4n) is 2.58. The van der Waals surface area contributed by atoms with Gasteiger partial charge in [-0.25, -0.2) is 15.0 Å². The number of imidazole rings is 2. The van der Waals surface area contributed by atoms with Crippen molar-refractivity contribution in [1.82, 2.24) is 29.2 Å². The Balaban J connectivity index is 1.35. The van der Waals surface area contributed by atoms with E-state index < -0.39 is 0 Å². The van der Waals surface area contributed by atoms with Crippen molar-refractivity contribution in [1.29, 1.82) is 0 Å². The molecule has 7 nitrogen and oxygen atoms in total. The zero-order chi connectivity index (χ0) is 17.1. The average Bonchev–Trinajstić information content (AvgIpc) is 3.31. The Morgan fingerprint density at radius 3 is 2.88 bits per heavy atom. The number of fused-ring (bicyclic) bond motifs is 1. The quantitative estimate of drug-likeness (QED) is 0.605. The zero-order valence-electron chi connectivity index (χ0n) is 13.4. The molecule has 0 unspecified atom stereocenters. The van der Waals surface area contributed by atoms with Crippen molar-refractivity contribution in [2.45, 2.75) is 6.42 Å². The highest BCUT2D eigenvalue weighted by molar-refractivity contribution is 5.93. The molecule has 0 aromatic carbocycles. The first-order valence-corrected chi connectivity index (χ1v) is 7.95. The summed E-state index contributed by atoms with van der Waals surface area (Å²) in [6.45, 7) is 0.520. The summed E-state index contributed by atoms with van der Waals surface area (Å²) in [7, 11) is 0. The molecular weight excluding hydrogens is 316 g/mol. The number of hydrogen-bond acceptors (Lipinski definition) is 4. The fourth-order valence-corrected chi connectivity index (χ4v) is 2.58. The molecule has 1 amide bonds. The van der Waals surface area contributed by atoms with E-state index in [0.717, 1.165) is 17.2 Å². The number of carbonyl (C=O) groups excluding carboxylic acids is 1. The number of aromatic nitrogens is 5. The first-order valence-electron chi connectivity index (χ1n) is 7.95. The molecular formula is C18H16N6O. The summed E-state index contributed by atoms with van der Waals surface area (Å²) in [4.78, 5) is 25.0. The van der Waals surface area contributed by atoms with E-state index in [9.17, 15) is 4.79 Å². The van der Waals surface area contributed by atoms with Gasteiger partial charge >= 0.3 is 0 Å². The van der Waals surface area contributed by atoms with Crippen LogP contribution in [0.2, 0.25) is 0 Å². The van der Waals surface area contributed by atoms with Crippen LogP contribution in [0.25, 0.3) is 11.5 Å². The van der Waals surface area contributed by atoms with Gasteiger partial charge in [0.15, 0.2) is 0 Å². The highest BCUT2D eigenvalue weighted by Gasteiger charge is 2.07. The minimum Gasteiger partial charge on any atom is -0.352 e. The smallest absolute Gasteiger partial charge is 0.252 e. The van der Waals surface area contributed by atoms with Crippen LogP contribution in [-0.4, -0.2) is 36.4 Å². The van der Waals surface area contributed by atoms with E-state index in [1.807, 2.05) is 35.0 Å². The molecule has 4 heterocycles. The summed E-state index contributed by atoms with van der Waals surface area (Å²) in [6.07, 6.45) is 11.3. The lowest BCUT2D eigenvalue weighted by atomic mass is 10.2. The highest BCUT2D eigenvalue weighted by Crippen LogP contribution is 2.06. The van der Waals surface area contributed by atoms with Gasteiger partial charge in [-0.2, -0.15) is 0 Å². The van der Waals surface area contributed by atoms with Crippen LogP contribution in [0.4, 0.5) is 0 Å². The second kappa shape index (κ2) is 6.56. The predicted octanol–water partition coefficient (Wildman–Crippen LogP) is 1.89. The maximum Gasteiger partial charge on any atom is 0.252 e. The summed E-state index contributed by atoms with van der Waals surface area (Å²) in [5.41, 5.74) is 2.38. The summed E-state index contributed by atoms with van der Waals surface area (Å²) in [6, 6.07) is 9.41. The topological polar surface area (TPSA) is 77.1 Å². The molecule has 0 radical (unpaired) electrons. The van der Waals surface area contributed by atoms with Gasteiger partial charge < -0.3 is 9.72 Å². The molecule has 4 aromatic rings. The van der Waals surface area contributed by atoms with E-state index in [1.165, 1.54) is 0 Å². The van der Waals surface area contributed by atoms with Gasteiger partial charge in [0.2, 0.25) is 0 Å². The number of rotatable bonds is 5. The van der Waals surface area contributed by atoms with Crippen molar-refractivity contribution in [3.63, 3.8) is 0 Å². The van der Waals surface area contributed by atoms with E-state index in [-0.39, 0.29) is 5.91 Å². The van der Waals surface area contributed by atoms with Crippen molar-refractivity contribution in [2.75, 3.05) is 6.54 Å². The normalized spacial score (nSPS) is 10.9. The molecule has 0 saturated heterocycles. The van der Waals surface area contributed by atoms with Crippen molar-refractivity contribution < 1.29 is 4.79 Å². The molecule has 4 rings (SSSR count). The lowest BCUT2D eigenvalue weighted by Gasteiger charge is -2.05. The highest BCUT2D eigenvalue weighted by atomic mass is 16.1. The second-order valence-electron chi connectivity index (χ2n) is 5.58. The number of hydrogen-bond donors (Lipinski definition) is 1. The molecule has 0 bridgehead atoms. The van der Waals surface area contributed by atoms with Gasteiger partial charge in [0.25, 0.3) is 5.91 Å². The fraction of sp³-hybridized carbons (Fsp3) is 0.111. The van der Waals surface area contributed by atoms with E-state index in [4.69, 9.17) is 0 Å². The maximum atomic E-state index is 12.2. The minimum absolute atomic E-state index is 0.145. The molecule has 0 aliphatic carbocycles. The Kier molecular flexibility index (Phi) is 3.96. The third-order valence-electron chi connectivity index (χ3n) is 3.86. The number of carbonyl (C=O) groups is 1. The molecule has 1 N–H and O–H groups in total. The Labute approximate surface area is 144 Å². The third-order valence-corrected chi connectivity index (χ3v) is 3.86. The first-order chi connectivity index (χ1) is 12.3. The molecule has 4 aromatic heterocycles. The lowest BCUT2D eigenvalue weighted by Crippen LogP contribution is -2.25. The largest absolute Gasteiger partial charge is 0.352 e. The van der Waals surface area contributed by atoms with Gasteiger partial charge in [0.05, 0.1) is 11.3 Å². The maximum absolute atomic E-state index is 12.2. The SMILES string of the molecule is O=C(NCCc1cn2ccccc2n1)c1ccc(-n2ccnc2)nc1. The van der Waals surface area contributed by atoms with Crippen LogP contribution in [0.1, 0.15) is 16.1 Å². The molecule has 0 fully saturated rings. The zero-order valence-corrected chi connectivity index (χ0v) is 13.4. The third kappa shape index (κ3) is 3.25. The number of amides is 1. The van der Waals surface area contributed by atoms with Crippen LogP contribution < -0.4 is 5.32 Å². The Hall–Kier alpha value is -3.48. The van der Waals surface area contributed by atoms with E-state index >= 15 is 0 Å². The summed E-state index contributed by atoms with van der Waals surface area (Å²) in [5.74, 6) is 0.576. The van der Waals surface area contributed by atoms with Gasteiger partial charge in [0, 0.05) is 43.9 Å². The lowest BCUT2D eigenvalue weighted by molar-refractivity contribution is 0.0953. The van der Waals surface area contributed by atoms with Gasteiger partial charge in [0.1, 0.15) is 17.8 Å².